The largest absolute Gasteiger partial charge is 0.341 e. The highest BCUT2D eigenvalue weighted by molar-refractivity contribution is 5.75. The van der Waals surface area contributed by atoms with Gasteiger partial charge in [0.1, 0.15) is 6.54 Å². The van der Waals surface area contributed by atoms with Crippen LogP contribution in [0.4, 0.5) is 0 Å². The van der Waals surface area contributed by atoms with Crippen molar-refractivity contribution in [1.29, 1.82) is 0 Å². The summed E-state index contributed by atoms with van der Waals surface area (Å²) in [6, 6.07) is 8.10. The maximum absolute atomic E-state index is 12.2. The third-order valence-corrected chi connectivity index (χ3v) is 3.93. The molecule has 2 heterocycles. The summed E-state index contributed by atoms with van der Waals surface area (Å²) in [5.74, 6) is 0.549. The fourth-order valence-corrected chi connectivity index (χ4v) is 2.50. The number of aryl methyl sites for hydroxylation is 1. The lowest BCUT2D eigenvalue weighted by atomic mass is 10.1. The summed E-state index contributed by atoms with van der Waals surface area (Å²) >= 11 is 0. The van der Waals surface area contributed by atoms with E-state index in [4.69, 9.17) is 5.73 Å². The van der Waals surface area contributed by atoms with Crippen molar-refractivity contribution in [3.8, 4) is 11.4 Å². The Bertz CT molecular complexity index is 642. The maximum Gasteiger partial charge on any atom is 0.246 e. The highest BCUT2D eigenvalue weighted by Crippen LogP contribution is 2.14. The molecular weight excluding hydrogens is 280 g/mol. The number of rotatable bonds is 3. The molecule has 22 heavy (non-hydrogen) atoms. The fraction of sp³-hybridized carbons (Fsp3) is 0.467. The van der Waals surface area contributed by atoms with Crippen LogP contribution in [0.25, 0.3) is 11.4 Å². The number of aromatic nitrogens is 4. The Kier molecular flexibility index (Phi) is 4.15. The van der Waals surface area contributed by atoms with Crippen LogP contribution in [0, 0.1) is 6.92 Å². The molecule has 2 N–H and O–H groups in total. The van der Waals surface area contributed by atoms with E-state index in [1.54, 1.807) is 0 Å². The molecule has 1 fully saturated rings. The summed E-state index contributed by atoms with van der Waals surface area (Å²) in [6.45, 7) is 3.56. The Morgan fingerprint density at radius 2 is 1.95 bits per heavy atom. The van der Waals surface area contributed by atoms with E-state index in [0.717, 1.165) is 18.4 Å². The van der Waals surface area contributed by atoms with Crippen molar-refractivity contribution in [1.82, 2.24) is 25.1 Å². The maximum atomic E-state index is 12.2. The topological polar surface area (TPSA) is 89.9 Å². The predicted molar refractivity (Wildman–Crippen MR) is 81.8 cm³/mol. The molecule has 1 amide bonds. The van der Waals surface area contributed by atoms with Gasteiger partial charge >= 0.3 is 0 Å². The molecule has 1 aromatic heterocycles. The van der Waals surface area contributed by atoms with E-state index in [2.05, 4.69) is 15.4 Å². The van der Waals surface area contributed by atoms with Gasteiger partial charge in [0, 0.05) is 24.7 Å². The minimum atomic E-state index is 0.0137. The average Bonchev–Trinajstić information content (AvgIpc) is 2.97. The Balaban J connectivity index is 1.64. The first-order chi connectivity index (χ1) is 10.6. The molecule has 0 saturated carbocycles. The number of amides is 1. The normalized spacial score (nSPS) is 16.0. The van der Waals surface area contributed by atoms with Crippen LogP contribution in [0.3, 0.4) is 0 Å². The molecule has 0 bridgehead atoms. The van der Waals surface area contributed by atoms with Crippen molar-refractivity contribution in [3.63, 3.8) is 0 Å². The highest BCUT2D eigenvalue weighted by atomic mass is 16.2. The lowest BCUT2D eigenvalue weighted by Gasteiger charge is -2.29. The van der Waals surface area contributed by atoms with E-state index in [-0.39, 0.29) is 18.5 Å². The molecule has 0 radical (unpaired) electrons. The molecule has 2 aromatic rings. The third-order valence-electron chi connectivity index (χ3n) is 3.93. The van der Waals surface area contributed by atoms with E-state index >= 15 is 0 Å². The van der Waals surface area contributed by atoms with E-state index in [0.29, 0.717) is 18.9 Å². The van der Waals surface area contributed by atoms with Crippen molar-refractivity contribution in [2.45, 2.75) is 32.4 Å². The van der Waals surface area contributed by atoms with Gasteiger partial charge in [0.2, 0.25) is 11.7 Å². The number of likely N-dealkylation sites (tertiary alicyclic amines) is 1. The molecule has 0 spiro atoms. The Morgan fingerprint density at radius 1 is 1.27 bits per heavy atom. The van der Waals surface area contributed by atoms with Gasteiger partial charge in [-0.3, -0.25) is 4.79 Å². The summed E-state index contributed by atoms with van der Waals surface area (Å²) in [4.78, 5) is 15.4. The number of nitrogens with zero attached hydrogens (tertiary/aromatic N) is 5. The zero-order chi connectivity index (χ0) is 15.5. The predicted octanol–water partition coefficient (Wildman–Crippen LogP) is 0.598. The highest BCUT2D eigenvalue weighted by Gasteiger charge is 2.21. The number of benzene rings is 1. The van der Waals surface area contributed by atoms with Gasteiger partial charge in [-0.05, 0) is 25.0 Å². The molecule has 0 atom stereocenters. The van der Waals surface area contributed by atoms with Crippen LogP contribution >= 0.6 is 0 Å². The lowest BCUT2D eigenvalue weighted by Crippen LogP contribution is -2.44. The molecule has 3 rings (SSSR count). The first-order valence-electron chi connectivity index (χ1n) is 7.50. The molecule has 1 aliphatic rings. The quantitative estimate of drug-likeness (QED) is 0.896. The van der Waals surface area contributed by atoms with Gasteiger partial charge in [0.25, 0.3) is 0 Å². The fourth-order valence-electron chi connectivity index (χ4n) is 2.50. The second-order valence-electron chi connectivity index (χ2n) is 5.73. The zero-order valence-electron chi connectivity index (χ0n) is 12.6. The Labute approximate surface area is 129 Å². The standard InChI is InChI=1S/C15H20N6O/c1-11-2-4-12(5-3-11)15-17-19-21(18-15)10-14(22)20-8-6-13(16)7-9-20/h2-5,13H,6-10,16H2,1H3. The van der Waals surface area contributed by atoms with Crippen molar-refractivity contribution in [2.75, 3.05) is 13.1 Å². The number of tetrazole rings is 1. The van der Waals surface area contributed by atoms with Crippen molar-refractivity contribution < 1.29 is 4.79 Å². The van der Waals surface area contributed by atoms with Crippen LogP contribution < -0.4 is 5.73 Å². The number of carbonyl (C=O) groups excluding carboxylic acids is 1. The summed E-state index contributed by atoms with van der Waals surface area (Å²) < 4.78 is 0. The second kappa shape index (κ2) is 6.23. The van der Waals surface area contributed by atoms with Crippen molar-refractivity contribution >= 4 is 5.91 Å². The van der Waals surface area contributed by atoms with E-state index in [1.165, 1.54) is 10.4 Å². The van der Waals surface area contributed by atoms with Gasteiger partial charge in [-0.1, -0.05) is 29.8 Å². The monoisotopic (exact) mass is 300 g/mol. The number of hydrogen-bond donors (Lipinski definition) is 1. The zero-order valence-corrected chi connectivity index (χ0v) is 12.6. The molecule has 1 aromatic carbocycles. The average molecular weight is 300 g/mol. The van der Waals surface area contributed by atoms with E-state index in [1.807, 2.05) is 36.1 Å². The van der Waals surface area contributed by atoms with Crippen LogP contribution in [0.2, 0.25) is 0 Å². The minimum Gasteiger partial charge on any atom is -0.341 e. The number of hydrogen-bond acceptors (Lipinski definition) is 5. The van der Waals surface area contributed by atoms with Crippen LogP contribution in [0.15, 0.2) is 24.3 Å². The van der Waals surface area contributed by atoms with Crippen LogP contribution in [0.5, 0.6) is 0 Å². The van der Waals surface area contributed by atoms with Crippen molar-refractivity contribution in [3.05, 3.63) is 29.8 Å². The molecular formula is C15H20N6O. The first kappa shape index (κ1) is 14.6. The molecule has 0 unspecified atom stereocenters. The number of nitrogens with two attached hydrogens (primary N) is 1. The van der Waals surface area contributed by atoms with E-state index in [9.17, 15) is 4.79 Å². The van der Waals surface area contributed by atoms with Crippen LogP contribution in [0.1, 0.15) is 18.4 Å². The van der Waals surface area contributed by atoms with Gasteiger partial charge in [0.05, 0.1) is 0 Å². The Hall–Kier alpha value is -2.28. The summed E-state index contributed by atoms with van der Waals surface area (Å²) in [6.07, 6.45) is 1.70. The smallest absolute Gasteiger partial charge is 0.246 e. The van der Waals surface area contributed by atoms with Crippen LogP contribution in [-0.4, -0.2) is 50.1 Å². The lowest BCUT2D eigenvalue weighted by molar-refractivity contribution is -0.133. The van der Waals surface area contributed by atoms with Gasteiger partial charge < -0.3 is 10.6 Å². The molecule has 7 heteroatoms. The number of piperidine rings is 1. The molecule has 7 nitrogen and oxygen atoms in total. The summed E-state index contributed by atoms with van der Waals surface area (Å²) in [5, 5.41) is 12.3. The van der Waals surface area contributed by atoms with E-state index < -0.39 is 0 Å². The number of carbonyl (C=O) groups is 1. The Morgan fingerprint density at radius 3 is 2.64 bits per heavy atom. The minimum absolute atomic E-state index is 0.0137. The summed E-state index contributed by atoms with van der Waals surface area (Å²) in [7, 11) is 0. The van der Waals surface area contributed by atoms with Gasteiger partial charge in [-0.2, -0.15) is 4.80 Å². The molecule has 1 aliphatic heterocycles. The second-order valence-corrected chi connectivity index (χ2v) is 5.73. The van der Waals surface area contributed by atoms with Gasteiger partial charge in [-0.15, -0.1) is 10.2 Å². The van der Waals surface area contributed by atoms with Gasteiger partial charge in [-0.25, -0.2) is 0 Å². The molecule has 1 saturated heterocycles. The summed E-state index contributed by atoms with van der Waals surface area (Å²) in [5.41, 5.74) is 7.92. The molecule has 0 aliphatic carbocycles. The molecule has 116 valence electrons. The third kappa shape index (κ3) is 3.30. The van der Waals surface area contributed by atoms with Crippen molar-refractivity contribution in [2.24, 2.45) is 5.73 Å². The van der Waals surface area contributed by atoms with Crippen LogP contribution in [-0.2, 0) is 11.3 Å². The SMILES string of the molecule is Cc1ccc(-c2nnn(CC(=O)N3CCC(N)CC3)n2)cc1. The first-order valence-corrected chi connectivity index (χ1v) is 7.50. The van der Waals surface area contributed by atoms with Gasteiger partial charge in [0.15, 0.2) is 0 Å².